The third-order valence-electron chi connectivity index (χ3n) is 5.27. The Balaban J connectivity index is 1.75. The molecule has 0 atom stereocenters. The predicted octanol–water partition coefficient (Wildman–Crippen LogP) is 4.91. The molecule has 1 aliphatic rings. The summed E-state index contributed by atoms with van der Waals surface area (Å²) < 4.78 is 10.8. The number of nitrogens with zero attached hydrogens (tertiary/aromatic N) is 1. The van der Waals surface area contributed by atoms with Crippen LogP contribution in [0.15, 0.2) is 36.4 Å². The summed E-state index contributed by atoms with van der Waals surface area (Å²) in [5, 5.41) is 3.73. The van der Waals surface area contributed by atoms with E-state index in [-0.39, 0.29) is 5.91 Å². The summed E-state index contributed by atoms with van der Waals surface area (Å²) >= 11 is 6.44. The van der Waals surface area contributed by atoms with Crippen molar-refractivity contribution in [3.05, 3.63) is 52.7 Å². The van der Waals surface area contributed by atoms with Gasteiger partial charge in [-0.1, -0.05) is 42.6 Å². The molecule has 1 fully saturated rings. The fourth-order valence-corrected chi connectivity index (χ4v) is 4.11. The van der Waals surface area contributed by atoms with Crippen molar-refractivity contribution in [2.75, 3.05) is 25.1 Å². The van der Waals surface area contributed by atoms with Gasteiger partial charge in [0.15, 0.2) is 0 Å². The number of ether oxygens (including phenoxy) is 2. The molecule has 6 heteroatoms. The van der Waals surface area contributed by atoms with Crippen molar-refractivity contribution in [3.63, 3.8) is 0 Å². The number of nitrogens with one attached hydrogen (secondary N) is 1. The second-order valence-electron chi connectivity index (χ2n) is 7.05. The molecular weight excluding hydrogens is 376 g/mol. The number of rotatable bonds is 8. The van der Waals surface area contributed by atoms with Crippen LogP contribution in [-0.4, -0.2) is 30.7 Å². The highest BCUT2D eigenvalue weighted by Gasteiger charge is 2.44. The first-order chi connectivity index (χ1) is 13.6. The number of pyridine rings is 1. The van der Waals surface area contributed by atoms with Gasteiger partial charge in [0, 0.05) is 17.7 Å². The van der Waals surface area contributed by atoms with Crippen molar-refractivity contribution >= 4 is 23.2 Å². The summed E-state index contributed by atoms with van der Waals surface area (Å²) in [5.41, 5.74) is 1.74. The molecule has 0 saturated heterocycles. The summed E-state index contributed by atoms with van der Waals surface area (Å²) in [4.78, 5) is 17.8. The van der Waals surface area contributed by atoms with Gasteiger partial charge < -0.3 is 14.8 Å². The van der Waals surface area contributed by atoms with Crippen LogP contribution < -0.4 is 10.1 Å². The highest BCUT2D eigenvalue weighted by Crippen LogP contribution is 2.44. The van der Waals surface area contributed by atoms with Crippen molar-refractivity contribution < 1.29 is 14.3 Å². The van der Waals surface area contributed by atoms with Gasteiger partial charge in [-0.3, -0.25) is 4.79 Å². The minimum absolute atomic E-state index is 0.0204. The van der Waals surface area contributed by atoms with E-state index in [0.29, 0.717) is 36.4 Å². The Morgan fingerprint density at radius 3 is 2.61 bits per heavy atom. The Morgan fingerprint density at radius 1 is 1.18 bits per heavy atom. The zero-order valence-corrected chi connectivity index (χ0v) is 17.2. The standard InChI is InChI=1S/C22H27ClN2O3/c1-3-27-14-15-28-20-11-10-19(16(2)24-20)25-21(26)22(12-6-7-13-22)17-8-4-5-9-18(17)23/h4-5,8-11H,3,6-7,12-15H2,1-2H3,(H,25,26). The topological polar surface area (TPSA) is 60.5 Å². The molecule has 0 aliphatic heterocycles. The lowest BCUT2D eigenvalue weighted by Gasteiger charge is -2.29. The van der Waals surface area contributed by atoms with Gasteiger partial charge in [-0.15, -0.1) is 0 Å². The van der Waals surface area contributed by atoms with Crippen LogP contribution in [0.3, 0.4) is 0 Å². The molecule has 150 valence electrons. The number of carbonyl (C=O) groups excluding carboxylic acids is 1. The van der Waals surface area contributed by atoms with Crippen LogP contribution in [-0.2, 0) is 14.9 Å². The number of carbonyl (C=O) groups is 1. The third-order valence-corrected chi connectivity index (χ3v) is 5.60. The second-order valence-corrected chi connectivity index (χ2v) is 7.46. The Hall–Kier alpha value is -2.11. The van der Waals surface area contributed by atoms with Gasteiger partial charge in [0.05, 0.1) is 23.4 Å². The first kappa shape index (κ1) is 20.6. The lowest BCUT2D eigenvalue weighted by Crippen LogP contribution is -2.38. The Morgan fingerprint density at radius 2 is 1.93 bits per heavy atom. The number of amides is 1. The predicted molar refractivity (Wildman–Crippen MR) is 111 cm³/mol. The maximum atomic E-state index is 13.3. The lowest BCUT2D eigenvalue weighted by molar-refractivity contribution is -0.121. The highest BCUT2D eigenvalue weighted by atomic mass is 35.5. The first-order valence-electron chi connectivity index (χ1n) is 9.81. The van der Waals surface area contributed by atoms with Gasteiger partial charge >= 0.3 is 0 Å². The normalized spacial score (nSPS) is 15.4. The molecule has 1 aromatic heterocycles. The first-order valence-corrected chi connectivity index (χ1v) is 10.2. The lowest BCUT2D eigenvalue weighted by atomic mass is 9.78. The van der Waals surface area contributed by atoms with E-state index in [1.54, 1.807) is 6.07 Å². The Kier molecular flexibility index (Phi) is 6.92. The van der Waals surface area contributed by atoms with Crippen LogP contribution in [0.2, 0.25) is 5.02 Å². The fourth-order valence-electron chi connectivity index (χ4n) is 3.79. The molecule has 28 heavy (non-hydrogen) atoms. The maximum absolute atomic E-state index is 13.3. The van der Waals surface area contributed by atoms with E-state index in [0.717, 1.165) is 36.9 Å². The number of aromatic nitrogens is 1. The Bertz CT molecular complexity index is 819. The summed E-state index contributed by atoms with van der Waals surface area (Å²) in [6, 6.07) is 11.3. The number of hydrogen-bond donors (Lipinski definition) is 1. The zero-order chi connectivity index (χ0) is 20.0. The van der Waals surface area contributed by atoms with Crippen LogP contribution in [0.1, 0.15) is 43.9 Å². The van der Waals surface area contributed by atoms with Crippen LogP contribution in [0.5, 0.6) is 5.88 Å². The van der Waals surface area contributed by atoms with Crippen molar-refractivity contribution in [1.29, 1.82) is 0 Å². The van der Waals surface area contributed by atoms with E-state index in [1.165, 1.54) is 0 Å². The molecule has 0 unspecified atom stereocenters. The van der Waals surface area contributed by atoms with Gasteiger partial charge in [0.2, 0.25) is 11.8 Å². The van der Waals surface area contributed by atoms with Crippen LogP contribution in [0.25, 0.3) is 0 Å². The molecule has 1 amide bonds. The molecule has 1 heterocycles. The number of anilines is 1. The quantitative estimate of drug-likeness (QED) is 0.637. The molecule has 0 bridgehead atoms. The highest BCUT2D eigenvalue weighted by molar-refractivity contribution is 6.31. The van der Waals surface area contributed by atoms with Crippen molar-refractivity contribution in [2.24, 2.45) is 0 Å². The second kappa shape index (κ2) is 9.39. The summed E-state index contributed by atoms with van der Waals surface area (Å²) in [6.07, 6.45) is 3.63. The summed E-state index contributed by atoms with van der Waals surface area (Å²) in [5.74, 6) is 0.505. The molecular formula is C22H27ClN2O3. The SMILES string of the molecule is CCOCCOc1ccc(NC(=O)C2(c3ccccc3Cl)CCCC2)c(C)n1. The molecule has 1 aliphatic carbocycles. The van der Waals surface area contributed by atoms with E-state index in [2.05, 4.69) is 10.3 Å². The molecule has 1 saturated carbocycles. The number of aryl methyl sites for hydroxylation is 1. The maximum Gasteiger partial charge on any atom is 0.235 e. The average Bonchev–Trinajstić information content (AvgIpc) is 3.18. The Labute approximate surface area is 171 Å². The monoisotopic (exact) mass is 402 g/mol. The van der Waals surface area contributed by atoms with Crippen LogP contribution >= 0.6 is 11.6 Å². The van der Waals surface area contributed by atoms with Gasteiger partial charge in [-0.05, 0) is 44.4 Å². The molecule has 1 N–H and O–H groups in total. The fraction of sp³-hybridized carbons (Fsp3) is 0.455. The minimum atomic E-state index is -0.586. The van der Waals surface area contributed by atoms with E-state index in [9.17, 15) is 4.79 Å². The molecule has 2 aromatic rings. The molecule has 1 aromatic carbocycles. The van der Waals surface area contributed by atoms with Crippen molar-refractivity contribution in [1.82, 2.24) is 4.98 Å². The van der Waals surface area contributed by atoms with E-state index in [4.69, 9.17) is 21.1 Å². The van der Waals surface area contributed by atoms with E-state index >= 15 is 0 Å². The van der Waals surface area contributed by atoms with Gasteiger partial charge in [-0.25, -0.2) is 4.98 Å². The van der Waals surface area contributed by atoms with Crippen molar-refractivity contribution in [3.8, 4) is 5.88 Å². The smallest absolute Gasteiger partial charge is 0.235 e. The summed E-state index contributed by atoms with van der Waals surface area (Å²) in [7, 11) is 0. The van der Waals surface area contributed by atoms with E-state index in [1.807, 2.05) is 44.2 Å². The zero-order valence-electron chi connectivity index (χ0n) is 16.5. The average molecular weight is 403 g/mol. The van der Waals surface area contributed by atoms with Gasteiger partial charge in [0.1, 0.15) is 6.61 Å². The largest absolute Gasteiger partial charge is 0.475 e. The summed E-state index contributed by atoms with van der Waals surface area (Å²) in [6.45, 7) is 5.44. The van der Waals surface area contributed by atoms with Crippen LogP contribution in [0.4, 0.5) is 5.69 Å². The van der Waals surface area contributed by atoms with Gasteiger partial charge in [0.25, 0.3) is 0 Å². The van der Waals surface area contributed by atoms with Gasteiger partial charge in [-0.2, -0.15) is 0 Å². The third kappa shape index (κ3) is 4.47. The molecule has 0 radical (unpaired) electrons. The van der Waals surface area contributed by atoms with Crippen LogP contribution in [0, 0.1) is 6.92 Å². The number of benzene rings is 1. The number of hydrogen-bond acceptors (Lipinski definition) is 4. The minimum Gasteiger partial charge on any atom is -0.475 e. The molecule has 3 rings (SSSR count). The number of halogens is 1. The van der Waals surface area contributed by atoms with E-state index < -0.39 is 5.41 Å². The van der Waals surface area contributed by atoms with Crippen molar-refractivity contribution in [2.45, 2.75) is 44.9 Å². The molecule has 0 spiro atoms. The molecule has 5 nitrogen and oxygen atoms in total.